The van der Waals surface area contributed by atoms with E-state index in [9.17, 15) is 9.90 Å². The summed E-state index contributed by atoms with van der Waals surface area (Å²) in [4.78, 5) is 14.8. The van der Waals surface area contributed by atoms with Crippen LogP contribution in [0.3, 0.4) is 0 Å². The van der Waals surface area contributed by atoms with E-state index in [0.29, 0.717) is 17.5 Å². The number of carbonyl (C=O) groups excluding carboxylic acids is 1. The highest BCUT2D eigenvalue weighted by Gasteiger charge is 2.36. The van der Waals surface area contributed by atoms with Crippen LogP contribution in [0.5, 0.6) is 5.75 Å². The van der Waals surface area contributed by atoms with Gasteiger partial charge < -0.3 is 10.0 Å². The minimum absolute atomic E-state index is 0.0165. The first kappa shape index (κ1) is 13.5. The lowest BCUT2D eigenvalue weighted by molar-refractivity contribution is 0.0388. The van der Waals surface area contributed by atoms with Gasteiger partial charge in [-0.2, -0.15) is 0 Å². The van der Waals surface area contributed by atoms with Crippen LogP contribution in [0.15, 0.2) is 18.2 Å². The summed E-state index contributed by atoms with van der Waals surface area (Å²) >= 11 is 0. The molecular formula is C17H23NO2. The average Bonchev–Trinajstić information content (AvgIpc) is 2.48. The maximum atomic E-state index is 12.8. The molecule has 20 heavy (non-hydrogen) atoms. The summed E-state index contributed by atoms with van der Waals surface area (Å²) < 4.78 is 0. The van der Waals surface area contributed by atoms with Gasteiger partial charge in [-0.1, -0.05) is 24.5 Å². The first-order valence-electron chi connectivity index (χ1n) is 7.77. The van der Waals surface area contributed by atoms with E-state index >= 15 is 0 Å². The second kappa shape index (κ2) is 5.47. The molecule has 3 nitrogen and oxygen atoms in total. The average molecular weight is 273 g/mol. The second-order valence-corrected chi connectivity index (χ2v) is 6.27. The molecule has 1 amide bonds. The van der Waals surface area contributed by atoms with Gasteiger partial charge in [-0.3, -0.25) is 4.79 Å². The van der Waals surface area contributed by atoms with Crippen molar-refractivity contribution in [2.24, 2.45) is 5.92 Å². The second-order valence-electron chi connectivity index (χ2n) is 6.27. The van der Waals surface area contributed by atoms with Gasteiger partial charge in [0, 0.05) is 12.6 Å². The van der Waals surface area contributed by atoms with E-state index in [4.69, 9.17) is 0 Å². The largest absolute Gasteiger partial charge is 0.507 e. The summed E-state index contributed by atoms with van der Waals surface area (Å²) in [5, 5.41) is 9.98. The third kappa shape index (κ3) is 2.41. The Bertz CT molecular complexity index is 510. The van der Waals surface area contributed by atoms with Crippen LogP contribution in [-0.4, -0.2) is 28.5 Å². The maximum absolute atomic E-state index is 12.8. The molecule has 0 radical (unpaired) electrons. The Morgan fingerprint density at radius 1 is 1.20 bits per heavy atom. The van der Waals surface area contributed by atoms with E-state index in [1.165, 1.54) is 25.7 Å². The summed E-state index contributed by atoms with van der Waals surface area (Å²) in [7, 11) is 0. The van der Waals surface area contributed by atoms with Crippen molar-refractivity contribution in [3.05, 3.63) is 29.3 Å². The number of nitrogens with zero attached hydrogens (tertiary/aromatic N) is 1. The number of rotatable bonds is 1. The van der Waals surface area contributed by atoms with E-state index in [-0.39, 0.29) is 11.7 Å². The number of fused-ring (bicyclic) bond motifs is 1. The Balaban J connectivity index is 1.87. The van der Waals surface area contributed by atoms with E-state index in [1.54, 1.807) is 6.07 Å². The van der Waals surface area contributed by atoms with E-state index in [0.717, 1.165) is 24.9 Å². The normalized spacial score (nSPS) is 26.1. The fourth-order valence-electron chi connectivity index (χ4n) is 3.85. The third-order valence-electron chi connectivity index (χ3n) is 4.89. The van der Waals surface area contributed by atoms with Crippen molar-refractivity contribution in [1.29, 1.82) is 0 Å². The summed E-state index contributed by atoms with van der Waals surface area (Å²) in [5.41, 5.74) is 1.49. The molecule has 2 fully saturated rings. The van der Waals surface area contributed by atoms with Gasteiger partial charge >= 0.3 is 0 Å². The molecule has 0 aromatic heterocycles. The number of benzene rings is 1. The van der Waals surface area contributed by atoms with Crippen LogP contribution in [0.1, 0.15) is 54.4 Å². The molecule has 108 valence electrons. The lowest BCUT2D eigenvalue weighted by atomic mass is 9.78. The molecule has 1 aromatic rings. The van der Waals surface area contributed by atoms with E-state index in [1.807, 2.05) is 24.0 Å². The van der Waals surface area contributed by atoms with Gasteiger partial charge in [0.15, 0.2) is 0 Å². The summed E-state index contributed by atoms with van der Waals surface area (Å²) in [6.07, 6.45) is 7.27. The molecule has 1 saturated heterocycles. The zero-order valence-electron chi connectivity index (χ0n) is 12.1. The number of hydrogen-bond donors (Lipinski definition) is 1. The number of phenols is 1. The molecular weight excluding hydrogens is 250 g/mol. The quantitative estimate of drug-likeness (QED) is 0.850. The standard InChI is InChI=1S/C17H23NO2/c1-12-8-9-16(19)14(11-12)17(20)18-10-4-6-13-5-2-3-7-15(13)18/h8-9,11,13,15,19H,2-7,10H2,1H3/t13-,15-/m1/s1. The lowest BCUT2D eigenvalue weighted by Crippen LogP contribution is -2.49. The van der Waals surface area contributed by atoms with Crippen molar-refractivity contribution >= 4 is 5.91 Å². The van der Waals surface area contributed by atoms with Crippen LogP contribution in [0.4, 0.5) is 0 Å². The SMILES string of the molecule is Cc1ccc(O)c(C(=O)N2CCC[C@H]3CCCC[C@H]32)c1. The number of hydrogen-bond acceptors (Lipinski definition) is 2. The van der Waals surface area contributed by atoms with Crippen LogP contribution < -0.4 is 0 Å². The number of aryl methyl sites for hydroxylation is 1. The van der Waals surface area contributed by atoms with Crippen LogP contribution in [-0.2, 0) is 0 Å². The van der Waals surface area contributed by atoms with Gasteiger partial charge in [0.1, 0.15) is 5.75 Å². The Labute approximate surface area is 120 Å². The smallest absolute Gasteiger partial charge is 0.257 e. The lowest BCUT2D eigenvalue weighted by Gasteiger charge is -2.44. The molecule has 1 aliphatic heterocycles. The first-order valence-corrected chi connectivity index (χ1v) is 7.77. The molecule has 1 aliphatic carbocycles. The summed E-state index contributed by atoms with van der Waals surface area (Å²) in [6, 6.07) is 5.67. The Kier molecular flexibility index (Phi) is 3.68. The van der Waals surface area contributed by atoms with Crippen molar-refractivity contribution in [2.75, 3.05) is 6.54 Å². The molecule has 0 spiro atoms. The van der Waals surface area contributed by atoms with Crippen molar-refractivity contribution in [1.82, 2.24) is 4.90 Å². The first-order chi connectivity index (χ1) is 9.66. The molecule has 1 saturated carbocycles. The molecule has 3 rings (SSSR count). The highest BCUT2D eigenvalue weighted by atomic mass is 16.3. The number of amides is 1. The van der Waals surface area contributed by atoms with E-state index < -0.39 is 0 Å². The number of phenolic OH excluding ortho intramolecular Hbond substituents is 1. The molecule has 0 unspecified atom stereocenters. The van der Waals surface area contributed by atoms with Crippen LogP contribution in [0.25, 0.3) is 0 Å². The Morgan fingerprint density at radius 2 is 1.95 bits per heavy atom. The molecule has 1 N–H and O–H groups in total. The highest BCUT2D eigenvalue weighted by molar-refractivity contribution is 5.97. The van der Waals surface area contributed by atoms with Gasteiger partial charge in [0.05, 0.1) is 5.56 Å². The zero-order valence-corrected chi connectivity index (χ0v) is 12.1. The predicted octanol–water partition coefficient (Wildman–Crippen LogP) is 3.50. The van der Waals surface area contributed by atoms with Crippen LogP contribution in [0.2, 0.25) is 0 Å². The molecule has 0 bridgehead atoms. The molecule has 3 heteroatoms. The predicted molar refractivity (Wildman–Crippen MR) is 78.9 cm³/mol. The molecule has 1 heterocycles. The Hall–Kier alpha value is -1.51. The van der Waals surface area contributed by atoms with Gasteiger partial charge in [-0.25, -0.2) is 0 Å². The van der Waals surface area contributed by atoms with Gasteiger partial charge in [-0.15, -0.1) is 0 Å². The van der Waals surface area contributed by atoms with Gasteiger partial charge in [-0.05, 0) is 50.7 Å². The van der Waals surface area contributed by atoms with Crippen LogP contribution >= 0.6 is 0 Å². The maximum Gasteiger partial charge on any atom is 0.257 e. The van der Waals surface area contributed by atoms with Crippen molar-refractivity contribution in [3.63, 3.8) is 0 Å². The number of aromatic hydroxyl groups is 1. The van der Waals surface area contributed by atoms with Gasteiger partial charge in [0.2, 0.25) is 0 Å². The van der Waals surface area contributed by atoms with Crippen molar-refractivity contribution in [2.45, 2.75) is 51.5 Å². The highest BCUT2D eigenvalue weighted by Crippen LogP contribution is 2.36. The summed E-state index contributed by atoms with van der Waals surface area (Å²) in [6.45, 7) is 2.79. The van der Waals surface area contributed by atoms with E-state index in [2.05, 4.69) is 0 Å². The summed E-state index contributed by atoms with van der Waals surface area (Å²) in [5.74, 6) is 0.801. The molecule has 2 aliphatic rings. The minimum atomic E-state index is 0.0165. The Morgan fingerprint density at radius 3 is 2.80 bits per heavy atom. The fourth-order valence-corrected chi connectivity index (χ4v) is 3.85. The fraction of sp³-hybridized carbons (Fsp3) is 0.588. The number of piperidine rings is 1. The number of carbonyl (C=O) groups is 1. The molecule has 2 atom stereocenters. The van der Waals surface area contributed by atoms with Crippen LogP contribution in [0, 0.1) is 12.8 Å². The minimum Gasteiger partial charge on any atom is -0.507 e. The third-order valence-corrected chi connectivity index (χ3v) is 4.89. The van der Waals surface area contributed by atoms with Crippen molar-refractivity contribution < 1.29 is 9.90 Å². The topological polar surface area (TPSA) is 40.5 Å². The number of likely N-dealkylation sites (tertiary alicyclic amines) is 1. The van der Waals surface area contributed by atoms with Crippen molar-refractivity contribution in [3.8, 4) is 5.75 Å². The zero-order chi connectivity index (χ0) is 14.1. The monoisotopic (exact) mass is 273 g/mol. The molecule has 1 aromatic carbocycles. The van der Waals surface area contributed by atoms with Gasteiger partial charge in [0.25, 0.3) is 5.91 Å².